The number of likely N-dealkylation sites (N-methyl/N-ethyl adjacent to an activating group) is 1. The van der Waals surface area contributed by atoms with E-state index in [9.17, 15) is 18.1 Å². The van der Waals surface area contributed by atoms with Crippen LogP contribution in [0.25, 0.3) is 11.1 Å². The molecule has 9 atom stereocenters. The summed E-state index contributed by atoms with van der Waals surface area (Å²) in [5.41, 5.74) is 2.91. The van der Waals surface area contributed by atoms with Crippen LogP contribution in [-0.4, -0.2) is 124 Å². The molecule has 5 fully saturated rings. The van der Waals surface area contributed by atoms with Gasteiger partial charge in [-0.15, -0.1) is 0 Å². The van der Waals surface area contributed by atoms with Crippen LogP contribution < -0.4 is 25.6 Å². The molecule has 0 aromatic heterocycles. The third-order valence-electron chi connectivity index (χ3n) is 13.4. The number of aliphatic hydroxyl groups is 1. The van der Waals surface area contributed by atoms with Gasteiger partial charge in [0, 0.05) is 18.6 Å². The van der Waals surface area contributed by atoms with Crippen LogP contribution in [0.15, 0.2) is 30.3 Å². The maximum absolute atomic E-state index is 16.1. The van der Waals surface area contributed by atoms with Crippen LogP contribution in [0, 0.1) is 29.0 Å². The van der Waals surface area contributed by atoms with E-state index in [1.165, 1.54) is 37.5 Å². The Labute approximate surface area is 346 Å². The van der Waals surface area contributed by atoms with E-state index in [1.54, 1.807) is 11.0 Å². The summed E-state index contributed by atoms with van der Waals surface area (Å²) in [6, 6.07) is 7.95. The summed E-state index contributed by atoms with van der Waals surface area (Å²) in [5.74, 6) is 0.562. The average molecular weight is 909 g/mol. The van der Waals surface area contributed by atoms with E-state index >= 15 is 4.39 Å². The Kier molecular flexibility index (Phi) is 14.2. The van der Waals surface area contributed by atoms with Crippen LogP contribution in [0.4, 0.5) is 10.1 Å². The number of fused-ring (bicyclic) bond motifs is 2. The van der Waals surface area contributed by atoms with Crippen molar-refractivity contribution in [3.63, 3.8) is 0 Å². The van der Waals surface area contributed by atoms with E-state index in [4.69, 9.17) is 9.57 Å². The molecule has 3 aliphatic carbocycles. The quantitative estimate of drug-likeness (QED) is 0.125. The number of nitrogens with zero attached hydrogens (tertiary/aromatic N) is 3. The van der Waals surface area contributed by atoms with Gasteiger partial charge in [0.1, 0.15) is 0 Å². The normalized spacial score (nSPS) is 29.0. The standard InChI is InChI=1S/C43H66FIN6O6/c1-25-34-19-28(43(34,2)3)20-36(25)48-42(54)39-38(45(4)55)37(24-52)57-51(39)23-33-35(44)14-13-32(40(33)56-9)26-16-27(18-31(17-26)50(7)8)41(53)47-30(22-49(5)6)21-29-12-10-11-15-46-29/h13-14,16-18,25,28-30,34,36-39,46,52,55H,10-12,15,19-24H2,1-9H3,(H,47,53)(H,48,54)/t25-,28+,29?,30-,34-,36-,37-,38+,39-/m0/s1. The second-order valence-electron chi connectivity index (χ2n) is 17.9. The number of methoxy groups -OCH3 is 1. The molecule has 7 rings (SSSR count). The zero-order chi connectivity index (χ0) is 41.3. The molecule has 2 aliphatic heterocycles. The number of alkyl halides is 2. The number of piperidine rings is 1. The molecular formula is C43H66FIN6O6. The molecule has 1 unspecified atom stereocenters. The molecule has 0 radical (unpaired) electrons. The fraction of sp³-hybridized carbons (Fsp3) is 0.674. The van der Waals surface area contributed by atoms with Crippen molar-refractivity contribution < 1.29 is 32.1 Å². The Morgan fingerprint density at radius 3 is 2.51 bits per heavy atom. The molecule has 12 nitrogen and oxygen atoms in total. The molecule has 5 N–H and O–H groups in total. The van der Waals surface area contributed by atoms with Gasteiger partial charge in [-0.25, -0.2) is 0 Å². The molecule has 57 heavy (non-hydrogen) atoms. The number of carbonyl (C=O) groups excluding carboxylic acids is 2. The van der Waals surface area contributed by atoms with Crippen LogP contribution in [0.1, 0.15) is 75.2 Å². The van der Waals surface area contributed by atoms with Crippen molar-refractivity contribution >= 4 is 37.7 Å². The summed E-state index contributed by atoms with van der Waals surface area (Å²) >= 11 is -2.77. The second-order valence-corrected chi connectivity index (χ2v) is 22.1. The Balaban J connectivity index is 1.30. The van der Waals surface area contributed by atoms with Crippen LogP contribution in [0.2, 0.25) is 0 Å². The zero-order valence-electron chi connectivity index (χ0n) is 35.3. The first-order chi connectivity index (χ1) is 27.0. The van der Waals surface area contributed by atoms with Crippen LogP contribution in [-0.2, 0) is 16.2 Å². The zero-order valence-corrected chi connectivity index (χ0v) is 37.4. The molecule has 2 bridgehead atoms. The van der Waals surface area contributed by atoms with Gasteiger partial charge in [0.05, 0.1) is 0 Å². The molecular weight excluding hydrogens is 842 g/mol. The van der Waals surface area contributed by atoms with E-state index in [1.807, 2.05) is 51.3 Å². The number of rotatable bonds is 15. The van der Waals surface area contributed by atoms with Gasteiger partial charge >= 0.3 is 273 Å². The Morgan fingerprint density at radius 1 is 1.16 bits per heavy atom. The van der Waals surface area contributed by atoms with E-state index in [0.29, 0.717) is 41.1 Å². The van der Waals surface area contributed by atoms with Crippen molar-refractivity contribution in [3.05, 3.63) is 47.3 Å². The number of hydrogen-bond donors (Lipinski definition) is 5. The molecule has 0 spiro atoms. The molecule has 2 saturated heterocycles. The van der Waals surface area contributed by atoms with E-state index in [-0.39, 0.29) is 59.7 Å². The topological polar surface area (TPSA) is 139 Å². The monoisotopic (exact) mass is 908 g/mol. The summed E-state index contributed by atoms with van der Waals surface area (Å²) in [6.45, 7) is 7.97. The summed E-state index contributed by atoms with van der Waals surface area (Å²) in [7, 11) is 9.31. The van der Waals surface area contributed by atoms with Gasteiger partial charge in [0.15, 0.2) is 0 Å². The number of aliphatic hydroxyl groups excluding tert-OH is 1. The van der Waals surface area contributed by atoms with Gasteiger partial charge in [0.25, 0.3) is 0 Å². The summed E-state index contributed by atoms with van der Waals surface area (Å²) in [5, 5.41) is 22.1. The first-order valence-electron chi connectivity index (χ1n) is 20.5. The molecule has 2 heterocycles. The first kappa shape index (κ1) is 44.0. The van der Waals surface area contributed by atoms with Crippen molar-refractivity contribution in [3.8, 4) is 16.9 Å². The van der Waals surface area contributed by atoms with E-state index in [0.717, 1.165) is 31.5 Å². The van der Waals surface area contributed by atoms with E-state index in [2.05, 4.69) is 41.6 Å². The van der Waals surface area contributed by atoms with Crippen molar-refractivity contribution in [1.29, 1.82) is 0 Å². The Bertz CT molecular complexity index is 1740. The molecule has 5 aliphatic rings. The van der Waals surface area contributed by atoms with Gasteiger partial charge in [0.2, 0.25) is 0 Å². The van der Waals surface area contributed by atoms with Crippen LogP contribution >= 0.6 is 20.2 Å². The third kappa shape index (κ3) is 9.42. The predicted molar refractivity (Wildman–Crippen MR) is 231 cm³/mol. The van der Waals surface area contributed by atoms with Crippen molar-refractivity contribution in [2.45, 2.75) is 100 Å². The van der Waals surface area contributed by atoms with Gasteiger partial charge in [-0.05, 0) is 39.9 Å². The van der Waals surface area contributed by atoms with Crippen molar-refractivity contribution in [2.24, 2.45) is 23.2 Å². The fourth-order valence-electron chi connectivity index (χ4n) is 10.1. The molecule has 2 aromatic carbocycles. The van der Waals surface area contributed by atoms with Gasteiger partial charge in [-0.1, -0.05) is 6.42 Å². The average Bonchev–Trinajstić information content (AvgIpc) is 3.54. The molecule has 2 aromatic rings. The molecule has 3 saturated carbocycles. The van der Waals surface area contributed by atoms with Gasteiger partial charge in [-0.3, -0.25) is 0 Å². The maximum atomic E-state index is 16.1. The summed E-state index contributed by atoms with van der Waals surface area (Å²) < 4.78 is 32.6. The SMILES string of the molecule is COc1c(-c2cc(C(=O)N[C@@H](CC3CCCCN3)CN(C)C)cc(N(C)C)c2)ccc(F)c1CN1O[C@@H](CO)[C@@H](I(C)O)[C@H]1C(=O)N[C@H]1C[C@H]2C[C@@H]([C@@H]1C)C2(C)C. The number of anilines is 1. The number of ether oxygens (including phenoxy) is 1. The molecule has 14 heteroatoms. The molecule has 2 amide bonds. The number of halogens is 2. The van der Waals surface area contributed by atoms with Gasteiger partial charge < -0.3 is 10.2 Å². The number of carbonyl (C=O) groups is 2. The van der Waals surface area contributed by atoms with Crippen molar-refractivity contribution in [1.82, 2.24) is 25.9 Å². The van der Waals surface area contributed by atoms with Crippen LogP contribution in [0.5, 0.6) is 5.75 Å². The van der Waals surface area contributed by atoms with E-state index < -0.39 is 42.1 Å². The fourth-order valence-corrected chi connectivity index (χ4v) is 13.3. The number of hydrogen-bond acceptors (Lipinski definition) is 10. The Morgan fingerprint density at radius 2 is 1.91 bits per heavy atom. The number of benzene rings is 2. The minimum absolute atomic E-state index is 0.0187. The molecule has 318 valence electrons. The first-order valence-corrected chi connectivity index (χ1v) is 24.9. The van der Waals surface area contributed by atoms with Crippen LogP contribution in [0.3, 0.4) is 0 Å². The minimum atomic E-state index is -2.77. The number of nitrogens with one attached hydrogen (secondary N) is 3. The predicted octanol–water partition coefficient (Wildman–Crippen LogP) is 4.84. The summed E-state index contributed by atoms with van der Waals surface area (Å²) in [4.78, 5) is 40.4. The summed E-state index contributed by atoms with van der Waals surface area (Å²) in [6.07, 6.45) is 5.51. The van der Waals surface area contributed by atoms with Crippen molar-refractivity contribution in [2.75, 3.05) is 64.8 Å². The third-order valence-corrected chi connectivity index (χ3v) is 16.9. The van der Waals surface area contributed by atoms with Gasteiger partial charge in [-0.2, -0.15) is 0 Å². The second kappa shape index (κ2) is 18.3. The number of amides is 2. The number of hydroxylamine groups is 2. The Hall–Kier alpha value is -2.60.